The maximum absolute atomic E-state index is 12.8. The molecule has 8 nitrogen and oxygen atoms in total. The van der Waals surface area contributed by atoms with Crippen LogP contribution in [0.1, 0.15) is 0 Å². The fourth-order valence-corrected chi connectivity index (χ4v) is 2.89. The molecular weight excluding hydrogens is 364 g/mol. The zero-order valence-electron chi connectivity index (χ0n) is 15.7. The standard InChI is InChI=1S/C20H20N2O6/c1-25-16-9-15-18(20(27-3)19(16)26-2)13(23)8-14(28-15)11-5-4-6-12(7-11)22-17(24)10-21/h4-9H,10,21H2,1-3H3,(H,22,24). The van der Waals surface area contributed by atoms with Crippen molar-refractivity contribution in [3.8, 4) is 28.6 Å². The van der Waals surface area contributed by atoms with Gasteiger partial charge in [-0.1, -0.05) is 12.1 Å². The second-order valence-corrected chi connectivity index (χ2v) is 5.83. The van der Waals surface area contributed by atoms with Gasteiger partial charge in [-0.25, -0.2) is 0 Å². The summed E-state index contributed by atoms with van der Waals surface area (Å²) in [5, 5.41) is 2.91. The van der Waals surface area contributed by atoms with Crippen molar-refractivity contribution >= 4 is 22.6 Å². The Bertz CT molecular complexity index is 1090. The SMILES string of the molecule is COc1cc2oc(-c3cccc(NC(=O)CN)c3)cc(=O)c2c(OC)c1OC. The Hall–Kier alpha value is -3.52. The minimum absolute atomic E-state index is 0.128. The van der Waals surface area contributed by atoms with Crippen molar-refractivity contribution in [2.75, 3.05) is 33.2 Å². The molecule has 0 saturated heterocycles. The predicted octanol–water partition coefficient (Wildman–Crippen LogP) is 2.38. The number of nitrogens with one attached hydrogen (secondary N) is 1. The number of nitrogens with two attached hydrogens (primary N) is 1. The number of carbonyl (C=O) groups excluding carboxylic acids is 1. The molecule has 1 heterocycles. The maximum atomic E-state index is 12.8. The fourth-order valence-electron chi connectivity index (χ4n) is 2.89. The summed E-state index contributed by atoms with van der Waals surface area (Å²) < 4.78 is 22.0. The minimum Gasteiger partial charge on any atom is -0.493 e. The molecule has 1 aromatic heterocycles. The summed E-state index contributed by atoms with van der Waals surface area (Å²) in [6, 6.07) is 9.84. The molecular formula is C20H20N2O6. The van der Waals surface area contributed by atoms with Gasteiger partial charge >= 0.3 is 0 Å². The second-order valence-electron chi connectivity index (χ2n) is 5.83. The first kappa shape index (κ1) is 19.2. The van der Waals surface area contributed by atoms with E-state index in [1.807, 2.05) is 0 Å². The van der Waals surface area contributed by atoms with Gasteiger partial charge in [0.15, 0.2) is 16.9 Å². The third kappa shape index (κ3) is 3.49. The maximum Gasteiger partial charge on any atom is 0.238 e. The molecule has 28 heavy (non-hydrogen) atoms. The number of ether oxygens (including phenoxy) is 3. The first-order valence-corrected chi connectivity index (χ1v) is 8.39. The molecule has 2 aromatic carbocycles. The molecule has 3 rings (SSSR count). The van der Waals surface area contributed by atoms with Gasteiger partial charge in [-0.2, -0.15) is 0 Å². The van der Waals surface area contributed by atoms with E-state index in [-0.39, 0.29) is 34.6 Å². The van der Waals surface area contributed by atoms with E-state index in [2.05, 4.69) is 5.32 Å². The van der Waals surface area contributed by atoms with E-state index in [9.17, 15) is 9.59 Å². The first-order chi connectivity index (χ1) is 13.5. The molecule has 146 valence electrons. The Morgan fingerprint density at radius 3 is 2.46 bits per heavy atom. The lowest BCUT2D eigenvalue weighted by atomic mass is 10.1. The molecule has 0 aliphatic rings. The van der Waals surface area contributed by atoms with E-state index < -0.39 is 0 Å². The highest BCUT2D eigenvalue weighted by Crippen LogP contribution is 2.42. The zero-order chi connectivity index (χ0) is 20.3. The third-order valence-corrected chi connectivity index (χ3v) is 4.14. The van der Waals surface area contributed by atoms with Gasteiger partial charge in [0.2, 0.25) is 11.7 Å². The Kier molecular flexibility index (Phi) is 5.51. The van der Waals surface area contributed by atoms with Gasteiger partial charge in [-0.3, -0.25) is 9.59 Å². The smallest absolute Gasteiger partial charge is 0.238 e. The van der Waals surface area contributed by atoms with E-state index >= 15 is 0 Å². The Morgan fingerprint density at radius 2 is 1.82 bits per heavy atom. The fraction of sp³-hybridized carbons (Fsp3) is 0.200. The summed E-state index contributed by atoms with van der Waals surface area (Å²) >= 11 is 0. The van der Waals surface area contributed by atoms with E-state index in [4.69, 9.17) is 24.4 Å². The number of anilines is 1. The number of rotatable bonds is 6. The molecule has 0 aliphatic heterocycles. The van der Waals surface area contributed by atoms with Crippen molar-refractivity contribution < 1.29 is 23.4 Å². The molecule has 0 bridgehead atoms. The number of benzene rings is 2. The van der Waals surface area contributed by atoms with Gasteiger partial charge in [0.1, 0.15) is 16.7 Å². The Morgan fingerprint density at radius 1 is 1.07 bits per heavy atom. The highest BCUT2D eigenvalue weighted by Gasteiger charge is 2.20. The molecule has 3 aromatic rings. The van der Waals surface area contributed by atoms with Crippen LogP contribution in [0.4, 0.5) is 5.69 Å². The zero-order valence-corrected chi connectivity index (χ0v) is 15.7. The average Bonchev–Trinajstić information content (AvgIpc) is 2.72. The van der Waals surface area contributed by atoms with Crippen LogP contribution in [0, 0.1) is 0 Å². The predicted molar refractivity (Wildman–Crippen MR) is 105 cm³/mol. The van der Waals surface area contributed by atoms with Gasteiger partial charge in [-0.05, 0) is 12.1 Å². The lowest BCUT2D eigenvalue weighted by molar-refractivity contribution is -0.114. The number of fused-ring (bicyclic) bond motifs is 1. The van der Waals surface area contributed by atoms with Crippen molar-refractivity contribution in [3.05, 3.63) is 46.6 Å². The van der Waals surface area contributed by atoms with Gasteiger partial charge in [0.05, 0.1) is 27.9 Å². The molecule has 8 heteroatoms. The van der Waals surface area contributed by atoms with Gasteiger partial charge < -0.3 is 29.7 Å². The van der Waals surface area contributed by atoms with Crippen molar-refractivity contribution in [3.63, 3.8) is 0 Å². The summed E-state index contributed by atoms with van der Waals surface area (Å²) in [5.41, 5.74) is 6.46. The van der Waals surface area contributed by atoms with Crippen molar-refractivity contribution in [1.82, 2.24) is 0 Å². The van der Waals surface area contributed by atoms with Crippen LogP contribution in [-0.4, -0.2) is 33.8 Å². The molecule has 0 aliphatic carbocycles. The highest BCUT2D eigenvalue weighted by molar-refractivity contribution is 5.93. The van der Waals surface area contributed by atoms with Crippen molar-refractivity contribution in [2.24, 2.45) is 5.73 Å². The molecule has 0 radical (unpaired) electrons. The molecule has 0 saturated carbocycles. The van der Waals surface area contributed by atoms with E-state index in [1.54, 1.807) is 30.3 Å². The molecule has 0 spiro atoms. The number of hydrogen-bond acceptors (Lipinski definition) is 7. The number of methoxy groups -OCH3 is 3. The minimum atomic E-state index is -0.321. The van der Waals surface area contributed by atoms with Crippen LogP contribution in [-0.2, 0) is 4.79 Å². The largest absolute Gasteiger partial charge is 0.493 e. The van der Waals surface area contributed by atoms with Crippen molar-refractivity contribution in [1.29, 1.82) is 0 Å². The number of amides is 1. The summed E-state index contributed by atoms with van der Waals surface area (Å²) in [5.74, 6) is 0.926. The van der Waals surface area contributed by atoms with Crippen LogP contribution in [0.5, 0.6) is 17.2 Å². The van der Waals surface area contributed by atoms with E-state index in [0.717, 1.165) is 0 Å². The average molecular weight is 384 g/mol. The first-order valence-electron chi connectivity index (χ1n) is 8.39. The topological polar surface area (TPSA) is 113 Å². The Labute approximate surface area is 160 Å². The third-order valence-electron chi connectivity index (χ3n) is 4.14. The normalized spacial score (nSPS) is 10.6. The van der Waals surface area contributed by atoms with Crippen LogP contribution in [0.25, 0.3) is 22.3 Å². The summed E-state index contributed by atoms with van der Waals surface area (Å²) in [7, 11) is 4.38. The van der Waals surface area contributed by atoms with Crippen LogP contribution >= 0.6 is 0 Å². The van der Waals surface area contributed by atoms with Crippen LogP contribution in [0.2, 0.25) is 0 Å². The van der Waals surface area contributed by atoms with E-state index in [0.29, 0.717) is 28.5 Å². The van der Waals surface area contributed by atoms with E-state index in [1.165, 1.54) is 27.4 Å². The quantitative estimate of drug-likeness (QED) is 0.671. The second kappa shape index (κ2) is 8.01. The number of hydrogen-bond donors (Lipinski definition) is 2. The van der Waals surface area contributed by atoms with Gasteiger partial charge in [-0.15, -0.1) is 0 Å². The lowest BCUT2D eigenvalue weighted by Gasteiger charge is -2.14. The monoisotopic (exact) mass is 384 g/mol. The van der Waals surface area contributed by atoms with Crippen LogP contribution < -0.4 is 30.7 Å². The lowest BCUT2D eigenvalue weighted by Crippen LogP contribution is -2.21. The van der Waals surface area contributed by atoms with Crippen LogP contribution in [0.3, 0.4) is 0 Å². The number of carbonyl (C=O) groups is 1. The molecule has 0 fully saturated rings. The summed E-state index contributed by atoms with van der Waals surface area (Å²) in [6.45, 7) is -0.128. The molecule has 1 amide bonds. The molecule has 0 atom stereocenters. The van der Waals surface area contributed by atoms with Crippen molar-refractivity contribution in [2.45, 2.75) is 0 Å². The van der Waals surface area contributed by atoms with Gasteiger partial charge in [0, 0.05) is 23.4 Å². The van der Waals surface area contributed by atoms with Gasteiger partial charge in [0.25, 0.3) is 0 Å². The van der Waals surface area contributed by atoms with Crippen LogP contribution in [0.15, 0.2) is 45.6 Å². The molecule has 0 unspecified atom stereocenters. The Balaban J connectivity index is 2.18. The summed E-state index contributed by atoms with van der Waals surface area (Å²) in [4.78, 5) is 24.3. The summed E-state index contributed by atoms with van der Waals surface area (Å²) in [6.07, 6.45) is 0. The molecule has 3 N–H and O–H groups in total. The highest BCUT2D eigenvalue weighted by atomic mass is 16.5.